The summed E-state index contributed by atoms with van der Waals surface area (Å²) < 4.78 is 0. The fraction of sp³-hybridized carbons (Fsp3) is 0.176. The Morgan fingerprint density at radius 2 is 1.57 bits per heavy atom. The predicted octanol–water partition coefficient (Wildman–Crippen LogP) is 2.60. The van der Waals surface area contributed by atoms with Gasteiger partial charge in [0.2, 0.25) is 0 Å². The summed E-state index contributed by atoms with van der Waals surface area (Å²) in [6, 6.07) is 16.4. The Balaban J connectivity index is 2.18. The number of likely N-dealkylation sites (N-methyl/N-ethyl adjacent to an activating group) is 1. The van der Waals surface area contributed by atoms with Gasteiger partial charge in [0.05, 0.1) is 12.5 Å². The second kappa shape index (κ2) is 6.81. The van der Waals surface area contributed by atoms with Gasteiger partial charge in [-0.3, -0.25) is 9.59 Å². The molecule has 0 aliphatic carbocycles. The zero-order valence-electron chi connectivity index (χ0n) is 11.7. The number of hydrogen-bond acceptors (Lipinski definition) is 3. The second-order valence-corrected chi connectivity index (χ2v) is 4.75. The second-order valence-electron chi connectivity index (χ2n) is 4.75. The Kier molecular flexibility index (Phi) is 4.85. The topological polar surface area (TPSA) is 66.4 Å². The molecule has 2 aromatic rings. The van der Waals surface area contributed by atoms with Crippen LogP contribution in [0.1, 0.15) is 16.8 Å². The van der Waals surface area contributed by atoms with Crippen LogP contribution in [0.2, 0.25) is 0 Å². The Morgan fingerprint density at radius 1 is 1.00 bits per heavy atom. The first kappa shape index (κ1) is 14.9. The van der Waals surface area contributed by atoms with Crippen LogP contribution in [0.4, 0.5) is 0 Å². The van der Waals surface area contributed by atoms with E-state index in [1.165, 1.54) is 0 Å². The monoisotopic (exact) mass is 283 g/mol. The van der Waals surface area contributed by atoms with Gasteiger partial charge in [0, 0.05) is 5.56 Å². The molecule has 4 nitrogen and oxygen atoms in total. The van der Waals surface area contributed by atoms with E-state index in [1.807, 2.05) is 42.5 Å². The number of aliphatic carboxylic acids is 1. The van der Waals surface area contributed by atoms with E-state index in [4.69, 9.17) is 5.11 Å². The summed E-state index contributed by atoms with van der Waals surface area (Å²) in [4.78, 5) is 23.0. The highest BCUT2D eigenvalue weighted by atomic mass is 16.4. The van der Waals surface area contributed by atoms with E-state index in [2.05, 4.69) is 5.32 Å². The fourth-order valence-corrected chi connectivity index (χ4v) is 2.16. The summed E-state index contributed by atoms with van der Waals surface area (Å²) in [5.74, 6) is -1.21. The average molecular weight is 283 g/mol. The number of ketones is 1. The van der Waals surface area contributed by atoms with E-state index in [9.17, 15) is 9.59 Å². The fourth-order valence-electron chi connectivity index (χ4n) is 2.16. The molecule has 2 aromatic carbocycles. The molecule has 0 heterocycles. The van der Waals surface area contributed by atoms with E-state index in [0.29, 0.717) is 5.56 Å². The van der Waals surface area contributed by atoms with Crippen LogP contribution in [0, 0.1) is 0 Å². The van der Waals surface area contributed by atoms with Gasteiger partial charge < -0.3 is 10.4 Å². The van der Waals surface area contributed by atoms with Gasteiger partial charge in [-0.05, 0) is 18.2 Å². The number of nitrogens with one attached hydrogen (secondary N) is 1. The van der Waals surface area contributed by atoms with Gasteiger partial charge in [0.25, 0.3) is 0 Å². The first-order valence-electron chi connectivity index (χ1n) is 6.70. The maximum atomic E-state index is 12.2. The molecule has 0 fully saturated rings. The third-order valence-electron chi connectivity index (χ3n) is 3.32. The van der Waals surface area contributed by atoms with Gasteiger partial charge in [0.1, 0.15) is 0 Å². The van der Waals surface area contributed by atoms with E-state index in [1.54, 1.807) is 19.2 Å². The van der Waals surface area contributed by atoms with Crippen LogP contribution < -0.4 is 5.32 Å². The van der Waals surface area contributed by atoms with Crippen LogP contribution in [0.3, 0.4) is 0 Å². The molecular weight excluding hydrogens is 266 g/mol. The molecular formula is C17H17NO3. The maximum Gasteiger partial charge on any atom is 0.305 e. The van der Waals surface area contributed by atoms with Crippen molar-refractivity contribution in [2.75, 3.05) is 7.05 Å². The number of hydrogen-bond donors (Lipinski definition) is 2. The van der Waals surface area contributed by atoms with Gasteiger partial charge in [-0.1, -0.05) is 54.6 Å². The van der Waals surface area contributed by atoms with Crippen molar-refractivity contribution < 1.29 is 14.7 Å². The van der Waals surface area contributed by atoms with Crippen LogP contribution in [0.25, 0.3) is 11.1 Å². The molecule has 0 saturated heterocycles. The maximum absolute atomic E-state index is 12.2. The van der Waals surface area contributed by atoms with Crippen molar-refractivity contribution >= 4 is 11.8 Å². The minimum Gasteiger partial charge on any atom is -0.481 e. The van der Waals surface area contributed by atoms with Crippen LogP contribution in [-0.2, 0) is 4.79 Å². The number of benzene rings is 2. The van der Waals surface area contributed by atoms with E-state index >= 15 is 0 Å². The van der Waals surface area contributed by atoms with Gasteiger partial charge in [-0.2, -0.15) is 0 Å². The van der Waals surface area contributed by atoms with Crippen LogP contribution in [0.15, 0.2) is 54.6 Å². The molecule has 1 atom stereocenters. The van der Waals surface area contributed by atoms with E-state index in [0.717, 1.165) is 11.1 Å². The number of carbonyl (C=O) groups is 2. The largest absolute Gasteiger partial charge is 0.481 e. The van der Waals surface area contributed by atoms with Crippen molar-refractivity contribution in [3.8, 4) is 11.1 Å². The number of carbonyl (C=O) groups excluding carboxylic acids is 1. The van der Waals surface area contributed by atoms with Gasteiger partial charge >= 0.3 is 5.97 Å². The van der Waals surface area contributed by atoms with Crippen molar-refractivity contribution in [3.05, 3.63) is 60.2 Å². The summed E-state index contributed by atoms with van der Waals surface area (Å²) in [5, 5.41) is 11.6. The lowest BCUT2D eigenvalue weighted by molar-refractivity contribution is -0.137. The molecule has 1 unspecified atom stereocenters. The van der Waals surface area contributed by atoms with Crippen LogP contribution in [0.5, 0.6) is 0 Å². The molecule has 2 rings (SSSR count). The molecule has 0 bridgehead atoms. The number of rotatable bonds is 6. The lowest BCUT2D eigenvalue weighted by Gasteiger charge is -2.13. The van der Waals surface area contributed by atoms with Crippen LogP contribution in [-0.4, -0.2) is 29.9 Å². The summed E-state index contributed by atoms with van der Waals surface area (Å²) in [7, 11) is 1.59. The van der Waals surface area contributed by atoms with Crippen molar-refractivity contribution in [1.82, 2.24) is 5.32 Å². The molecule has 0 amide bonds. The Morgan fingerprint density at radius 3 is 2.10 bits per heavy atom. The standard InChI is InChI=1S/C17H17NO3/c1-18-15(11-16(19)20)17(21)14-9-7-13(8-10-14)12-5-3-2-4-6-12/h2-10,15,18H,11H2,1H3,(H,19,20). The highest BCUT2D eigenvalue weighted by Crippen LogP contribution is 2.20. The molecule has 108 valence electrons. The highest BCUT2D eigenvalue weighted by molar-refractivity contribution is 6.02. The molecule has 2 N–H and O–H groups in total. The number of carboxylic acids is 1. The third kappa shape index (κ3) is 3.77. The zero-order valence-corrected chi connectivity index (χ0v) is 11.7. The van der Waals surface area contributed by atoms with Gasteiger partial charge in [0.15, 0.2) is 5.78 Å². The molecule has 0 aromatic heterocycles. The number of Topliss-reactive ketones (excluding diaryl/α,β-unsaturated/α-hetero) is 1. The first-order chi connectivity index (χ1) is 10.1. The molecule has 4 heteroatoms. The zero-order chi connectivity index (χ0) is 15.2. The minimum atomic E-state index is -0.997. The molecule has 0 radical (unpaired) electrons. The van der Waals surface area contributed by atoms with Crippen molar-refractivity contribution in [2.24, 2.45) is 0 Å². The lowest BCUT2D eigenvalue weighted by atomic mass is 9.98. The summed E-state index contributed by atoms with van der Waals surface area (Å²) in [5.41, 5.74) is 2.61. The molecule has 0 saturated carbocycles. The Labute approximate surface area is 123 Å². The molecule has 0 spiro atoms. The average Bonchev–Trinajstić information content (AvgIpc) is 2.53. The molecule has 21 heavy (non-hydrogen) atoms. The van der Waals surface area contributed by atoms with E-state index in [-0.39, 0.29) is 12.2 Å². The molecule has 0 aliphatic heterocycles. The Hall–Kier alpha value is -2.46. The lowest BCUT2D eigenvalue weighted by Crippen LogP contribution is -2.36. The molecule has 0 aliphatic rings. The summed E-state index contributed by atoms with van der Waals surface area (Å²) >= 11 is 0. The highest BCUT2D eigenvalue weighted by Gasteiger charge is 2.21. The SMILES string of the molecule is CNC(CC(=O)O)C(=O)c1ccc(-c2ccccc2)cc1. The first-order valence-corrected chi connectivity index (χ1v) is 6.70. The number of carboxylic acid groups (broad SMARTS) is 1. The normalized spacial score (nSPS) is 11.9. The van der Waals surface area contributed by atoms with Gasteiger partial charge in [-0.15, -0.1) is 0 Å². The smallest absolute Gasteiger partial charge is 0.305 e. The third-order valence-corrected chi connectivity index (χ3v) is 3.32. The van der Waals surface area contributed by atoms with E-state index < -0.39 is 12.0 Å². The quantitative estimate of drug-likeness (QED) is 0.800. The van der Waals surface area contributed by atoms with Gasteiger partial charge in [-0.25, -0.2) is 0 Å². The van der Waals surface area contributed by atoms with Crippen molar-refractivity contribution in [2.45, 2.75) is 12.5 Å². The van der Waals surface area contributed by atoms with Crippen molar-refractivity contribution in [1.29, 1.82) is 0 Å². The summed E-state index contributed by atoms with van der Waals surface area (Å²) in [6.45, 7) is 0. The predicted molar refractivity (Wildman–Crippen MR) is 81.3 cm³/mol. The Bertz CT molecular complexity index is 620. The van der Waals surface area contributed by atoms with Crippen LogP contribution >= 0.6 is 0 Å². The minimum absolute atomic E-state index is 0.209. The van der Waals surface area contributed by atoms with Crippen molar-refractivity contribution in [3.63, 3.8) is 0 Å². The summed E-state index contributed by atoms with van der Waals surface area (Å²) in [6.07, 6.45) is -0.226.